The molecule has 2 rings (SSSR count). The van der Waals surface area contributed by atoms with Crippen molar-refractivity contribution in [3.8, 4) is 0 Å². The fourth-order valence-corrected chi connectivity index (χ4v) is 4.87. The van der Waals surface area contributed by atoms with Crippen molar-refractivity contribution in [3.05, 3.63) is 30.3 Å². The van der Waals surface area contributed by atoms with Crippen molar-refractivity contribution in [2.24, 2.45) is 5.92 Å². The van der Waals surface area contributed by atoms with E-state index in [9.17, 15) is 9.67 Å². The molecule has 1 aliphatic carbocycles. The molecule has 0 amide bonds. The van der Waals surface area contributed by atoms with Crippen LogP contribution in [0, 0.1) is 5.92 Å². The Labute approximate surface area is 115 Å². The Morgan fingerprint density at radius 2 is 2.00 bits per heavy atom. The molecule has 106 valence electrons. The largest absolute Gasteiger partial charge is 0.390 e. The first-order chi connectivity index (χ1) is 8.86. The molecule has 1 aliphatic rings. The molecule has 19 heavy (non-hydrogen) atoms. The van der Waals surface area contributed by atoms with Crippen LogP contribution in [0.15, 0.2) is 30.3 Å². The van der Waals surface area contributed by atoms with E-state index in [1.807, 2.05) is 51.1 Å². The zero-order valence-corrected chi connectivity index (χ0v) is 12.8. The van der Waals surface area contributed by atoms with Crippen molar-refractivity contribution in [3.63, 3.8) is 0 Å². The molecule has 0 heterocycles. The van der Waals surface area contributed by atoms with E-state index in [-0.39, 0.29) is 6.10 Å². The Hall–Kier alpha value is -0.630. The summed E-state index contributed by atoms with van der Waals surface area (Å²) in [6, 6.07) is 9.35. The van der Waals surface area contributed by atoms with Crippen molar-refractivity contribution in [1.29, 1.82) is 0 Å². The Bertz CT molecular complexity index is 472. The molecular formula is C15H23O3P. The second-order valence-corrected chi connectivity index (χ2v) is 8.37. The van der Waals surface area contributed by atoms with Crippen molar-refractivity contribution in [1.82, 2.24) is 0 Å². The predicted molar refractivity (Wildman–Crippen MR) is 78.1 cm³/mol. The van der Waals surface area contributed by atoms with Gasteiger partial charge in [-0.3, -0.25) is 4.57 Å². The number of benzene rings is 1. The van der Waals surface area contributed by atoms with Crippen molar-refractivity contribution in [2.45, 2.75) is 45.3 Å². The monoisotopic (exact) mass is 282 g/mol. The van der Waals surface area contributed by atoms with E-state index in [1.54, 1.807) is 0 Å². The maximum Gasteiger partial charge on any atom is 0.232 e. The number of hydrogen-bond donors (Lipinski definition) is 1. The van der Waals surface area contributed by atoms with Crippen LogP contribution in [0.25, 0.3) is 0 Å². The first kappa shape index (κ1) is 14.8. The van der Waals surface area contributed by atoms with Crippen LogP contribution < -0.4 is 5.30 Å². The van der Waals surface area contributed by atoms with Gasteiger partial charge in [0.25, 0.3) is 0 Å². The van der Waals surface area contributed by atoms with Gasteiger partial charge in [0, 0.05) is 11.5 Å². The lowest BCUT2D eigenvalue weighted by Crippen LogP contribution is -2.19. The number of aliphatic hydroxyl groups is 1. The van der Waals surface area contributed by atoms with Crippen molar-refractivity contribution >= 4 is 12.7 Å². The molecular weight excluding hydrogens is 259 g/mol. The third-order valence-electron chi connectivity index (χ3n) is 3.79. The van der Waals surface area contributed by atoms with E-state index in [1.165, 1.54) is 0 Å². The van der Waals surface area contributed by atoms with E-state index in [2.05, 4.69) is 0 Å². The Morgan fingerprint density at radius 1 is 1.42 bits per heavy atom. The summed E-state index contributed by atoms with van der Waals surface area (Å²) in [6.07, 6.45) is 1.68. The van der Waals surface area contributed by atoms with Crippen LogP contribution in [0.4, 0.5) is 0 Å². The summed E-state index contributed by atoms with van der Waals surface area (Å²) in [5.74, 6) is 0.316. The van der Waals surface area contributed by atoms with Crippen LogP contribution in [-0.4, -0.2) is 23.0 Å². The molecule has 0 saturated heterocycles. The predicted octanol–water partition coefficient (Wildman–Crippen LogP) is 3.18. The fraction of sp³-hybridized carbons (Fsp3) is 0.600. The molecule has 0 aliphatic heterocycles. The molecule has 3 atom stereocenters. The zero-order chi connectivity index (χ0) is 14.1. The first-order valence-electron chi connectivity index (χ1n) is 6.91. The van der Waals surface area contributed by atoms with Crippen LogP contribution >= 0.6 is 7.37 Å². The molecule has 1 aromatic carbocycles. The summed E-state index contributed by atoms with van der Waals surface area (Å²) in [7, 11) is -2.87. The normalized spacial score (nSPS) is 29.2. The van der Waals surface area contributed by atoms with E-state index in [0.29, 0.717) is 18.5 Å². The summed E-state index contributed by atoms with van der Waals surface area (Å²) in [6.45, 7) is 5.81. The van der Waals surface area contributed by atoms with Gasteiger partial charge in [-0.25, -0.2) is 0 Å². The standard InChI is InChI=1S/C15H23O3P/c1-12(2)18-19(17,14-7-5-4-6-8-14)10-9-15(16)11-13(15)3/h4-8,12-13,16H,9-11H2,1-3H3/t13-,15+,19?/m1/s1. The summed E-state index contributed by atoms with van der Waals surface area (Å²) in [5.41, 5.74) is -0.620. The van der Waals surface area contributed by atoms with Gasteiger partial charge in [-0.15, -0.1) is 0 Å². The number of hydrogen-bond acceptors (Lipinski definition) is 3. The molecule has 1 unspecified atom stereocenters. The molecule has 0 spiro atoms. The zero-order valence-electron chi connectivity index (χ0n) is 11.9. The lowest BCUT2D eigenvalue weighted by Gasteiger charge is -2.22. The Morgan fingerprint density at radius 3 is 2.47 bits per heavy atom. The average molecular weight is 282 g/mol. The maximum absolute atomic E-state index is 13.1. The second kappa shape index (κ2) is 5.40. The highest BCUT2D eigenvalue weighted by atomic mass is 31.2. The minimum atomic E-state index is -2.87. The van der Waals surface area contributed by atoms with Gasteiger partial charge in [0.05, 0.1) is 11.7 Å². The third kappa shape index (κ3) is 3.47. The quantitative estimate of drug-likeness (QED) is 0.815. The molecule has 4 heteroatoms. The van der Waals surface area contributed by atoms with Gasteiger partial charge < -0.3 is 9.63 Å². The first-order valence-corrected chi connectivity index (χ1v) is 8.72. The molecule has 0 bridgehead atoms. The van der Waals surface area contributed by atoms with E-state index >= 15 is 0 Å². The van der Waals surface area contributed by atoms with Crippen LogP contribution in [-0.2, 0) is 9.09 Å². The summed E-state index contributed by atoms with van der Waals surface area (Å²) in [5, 5.41) is 10.9. The topological polar surface area (TPSA) is 46.5 Å². The van der Waals surface area contributed by atoms with Crippen LogP contribution in [0.2, 0.25) is 0 Å². The second-order valence-electron chi connectivity index (χ2n) is 5.85. The highest BCUT2D eigenvalue weighted by Gasteiger charge is 2.50. The van der Waals surface area contributed by atoms with Gasteiger partial charge in [-0.1, -0.05) is 25.1 Å². The van der Waals surface area contributed by atoms with Crippen molar-refractivity contribution in [2.75, 3.05) is 6.16 Å². The van der Waals surface area contributed by atoms with Gasteiger partial charge in [0.15, 0.2) is 0 Å². The Balaban J connectivity index is 2.13. The summed E-state index contributed by atoms with van der Waals surface area (Å²) < 4.78 is 18.8. The molecule has 1 aromatic rings. The summed E-state index contributed by atoms with van der Waals surface area (Å²) >= 11 is 0. The van der Waals surface area contributed by atoms with Gasteiger partial charge in [0.1, 0.15) is 0 Å². The smallest absolute Gasteiger partial charge is 0.232 e. The van der Waals surface area contributed by atoms with E-state index in [4.69, 9.17) is 4.52 Å². The van der Waals surface area contributed by atoms with Gasteiger partial charge >= 0.3 is 0 Å². The molecule has 0 aromatic heterocycles. The van der Waals surface area contributed by atoms with Gasteiger partial charge in [0.2, 0.25) is 7.37 Å². The SMILES string of the molecule is CC(C)OP(=O)(CC[C@]1(O)C[C@H]1C)c1ccccc1. The van der Waals surface area contributed by atoms with Gasteiger partial charge in [-0.05, 0) is 44.7 Å². The minimum Gasteiger partial charge on any atom is -0.390 e. The van der Waals surface area contributed by atoms with Gasteiger partial charge in [-0.2, -0.15) is 0 Å². The molecule has 1 saturated carbocycles. The third-order valence-corrected chi connectivity index (χ3v) is 6.45. The highest BCUT2D eigenvalue weighted by Crippen LogP contribution is 2.53. The minimum absolute atomic E-state index is 0.0858. The fourth-order valence-electron chi connectivity index (χ4n) is 2.40. The lowest BCUT2D eigenvalue weighted by atomic mass is 10.2. The van der Waals surface area contributed by atoms with Crippen LogP contribution in [0.1, 0.15) is 33.6 Å². The van der Waals surface area contributed by atoms with E-state index < -0.39 is 13.0 Å². The molecule has 1 N–H and O–H groups in total. The highest BCUT2D eigenvalue weighted by molar-refractivity contribution is 7.67. The molecule has 0 radical (unpaired) electrons. The van der Waals surface area contributed by atoms with Crippen LogP contribution in [0.5, 0.6) is 0 Å². The number of rotatable bonds is 6. The van der Waals surface area contributed by atoms with Crippen molar-refractivity contribution < 1.29 is 14.2 Å². The molecule has 1 fully saturated rings. The Kier molecular flexibility index (Phi) is 4.20. The average Bonchev–Trinajstić information content (AvgIpc) is 2.96. The lowest BCUT2D eigenvalue weighted by molar-refractivity contribution is 0.129. The van der Waals surface area contributed by atoms with Crippen LogP contribution in [0.3, 0.4) is 0 Å². The summed E-state index contributed by atoms with van der Waals surface area (Å²) in [4.78, 5) is 0. The van der Waals surface area contributed by atoms with E-state index in [0.717, 1.165) is 11.7 Å². The maximum atomic E-state index is 13.1. The molecule has 3 nitrogen and oxygen atoms in total.